The quantitative estimate of drug-likeness (QED) is 0.837. The molecule has 0 unspecified atom stereocenters. The van der Waals surface area contributed by atoms with Crippen LogP contribution in [0.4, 0.5) is 0 Å². The van der Waals surface area contributed by atoms with Crippen molar-refractivity contribution in [1.82, 2.24) is 0 Å². The van der Waals surface area contributed by atoms with Gasteiger partial charge in [-0.05, 0) is 21.8 Å². The van der Waals surface area contributed by atoms with Crippen LogP contribution < -0.4 is 5.73 Å². The first-order valence-corrected chi connectivity index (χ1v) is 8.72. The first-order chi connectivity index (χ1) is 12.4. The number of allylic oxidation sites excluding steroid dienone is 3. The highest BCUT2D eigenvalue weighted by atomic mass is 16.5. The highest BCUT2D eigenvalue weighted by Gasteiger charge is 2.42. The Balaban J connectivity index is 1.92. The van der Waals surface area contributed by atoms with Crippen LogP contribution in [0.25, 0.3) is 10.8 Å². The number of carbonyl (C=O) groups is 1. The maximum atomic E-state index is 12.9. The van der Waals surface area contributed by atoms with Gasteiger partial charge in [0.25, 0.3) is 0 Å². The first kappa shape index (κ1) is 16.4. The summed E-state index contributed by atoms with van der Waals surface area (Å²) in [6.45, 7) is 4.09. The molecule has 0 amide bonds. The van der Waals surface area contributed by atoms with Crippen molar-refractivity contribution in [3.63, 3.8) is 0 Å². The van der Waals surface area contributed by atoms with Gasteiger partial charge in [0.2, 0.25) is 5.88 Å². The van der Waals surface area contributed by atoms with Crippen LogP contribution in [0.15, 0.2) is 65.3 Å². The van der Waals surface area contributed by atoms with Crippen molar-refractivity contribution in [3.8, 4) is 6.07 Å². The van der Waals surface area contributed by atoms with Gasteiger partial charge in [0.15, 0.2) is 5.78 Å². The molecule has 1 heterocycles. The lowest BCUT2D eigenvalue weighted by Gasteiger charge is -2.37. The Labute approximate surface area is 152 Å². The van der Waals surface area contributed by atoms with Crippen molar-refractivity contribution in [2.24, 2.45) is 11.1 Å². The second-order valence-corrected chi connectivity index (χ2v) is 7.81. The van der Waals surface area contributed by atoms with Crippen LogP contribution >= 0.6 is 0 Å². The molecule has 4 nitrogen and oxygen atoms in total. The van der Waals surface area contributed by atoms with E-state index in [1.54, 1.807) is 0 Å². The number of ketones is 1. The number of fused-ring (bicyclic) bond motifs is 1. The van der Waals surface area contributed by atoms with E-state index in [1.807, 2.05) is 56.3 Å². The van der Waals surface area contributed by atoms with Crippen LogP contribution in [0.3, 0.4) is 0 Å². The monoisotopic (exact) mass is 344 g/mol. The number of carbonyl (C=O) groups excluding carboxylic acids is 1. The van der Waals surface area contributed by atoms with E-state index in [0.29, 0.717) is 29.7 Å². The summed E-state index contributed by atoms with van der Waals surface area (Å²) in [5, 5.41) is 11.9. The minimum atomic E-state index is -0.461. The lowest BCUT2D eigenvalue weighted by molar-refractivity contribution is -0.119. The fraction of sp³-hybridized carbons (Fsp3) is 0.273. The number of hydrogen-bond acceptors (Lipinski definition) is 4. The number of rotatable bonds is 1. The molecule has 0 saturated heterocycles. The summed E-state index contributed by atoms with van der Waals surface area (Å²) in [5.41, 5.74) is 7.68. The molecule has 0 fully saturated rings. The standard InChI is InChI=1S/C22H20N2O2/c1-22(2)10-17(25)20-18(11-22)26-21(24)16(12-23)19(20)15-8-7-13-5-3-4-6-14(13)9-15/h3-9,19H,10-11,24H2,1-2H3/t19-/m0/s1. The first-order valence-electron chi connectivity index (χ1n) is 8.72. The number of hydrogen-bond donors (Lipinski definition) is 1. The second-order valence-electron chi connectivity index (χ2n) is 7.81. The number of nitrogens with zero attached hydrogens (tertiary/aromatic N) is 1. The van der Waals surface area contributed by atoms with E-state index in [-0.39, 0.29) is 17.1 Å². The van der Waals surface area contributed by atoms with Crippen LogP contribution in [0.2, 0.25) is 0 Å². The van der Waals surface area contributed by atoms with Crippen LogP contribution in [-0.4, -0.2) is 5.78 Å². The number of nitriles is 1. The Kier molecular flexibility index (Phi) is 3.62. The lowest BCUT2D eigenvalue weighted by atomic mass is 9.70. The Morgan fingerprint density at radius 1 is 1.15 bits per heavy atom. The Morgan fingerprint density at radius 3 is 2.62 bits per heavy atom. The van der Waals surface area contributed by atoms with Gasteiger partial charge in [0.05, 0.1) is 5.92 Å². The average Bonchev–Trinajstić information content (AvgIpc) is 2.59. The van der Waals surface area contributed by atoms with Crippen LogP contribution in [0, 0.1) is 16.7 Å². The molecule has 1 aliphatic heterocycles. The third-order valence-corrected chi connectivity index (χ3v) is 5.18. The van der Waals surface area contributed by atoms with E-state index < -0.39 is 5.92 Å². The predicted molar refractivity (Wildman–Crippen MR) is 99.6 cm³/mol. The number of benzene rings is 2. The van der Waals surface area contributed by atoms with Gasteiger partial charge in [-0.15, -0.1) is 0 Å². The molecule has 4 rings (SSSR count). The van der Waals surface area contributed by atoms with Crippen LogP contribution in [0.1, 0.15) is 38.2 Å². The normalized spacial score (nSPS) is 22.0. The van der Waals surface area contributed by atoms with E-state index in [1.165, 1.54) is 0 Å². The molecule has 0 spiro atoms. The summed E-state index contributed by atoms with van der Waals surface area (Å²) in [7, 11) is 0. The van der Waals surface area contributed by atoms with Gasteiger partial charge in [0.1, 0.15) is 17.4 Å². The molecular formula is C22H20N2O2. The fourth-order valence-corrected chi connectivity index (χ4v) is 4.01. The van der Waals surface area contributed by atoms with Crippen molar-refractivity contribution in [2.75, 3.05) is 0 Å². The van der Waals surface area contributed by atoms with Crippen molar-refractivity contribution in [2.45, 2.75) is 32.6 Å². The van der Waals surface area contributed by atoms with Gasteiger partial charge in [0, 0.05) is 18.4 Å². The largest absolute Gasteiger partial charge is 0.444 e. The molecule has 2 aromatic rings. The average molecular weight is 344 g/mol. The minimum absolute atomic E-state index is 0.0367. The van der Waals surface area contributed by atoms with Gasteiger partial charge in [-0.3, -0.25) is 4.79 Å². The molecule has 0 saturated carbocycles. The number of ether oxygens (including phenoxy) is 1. The van der Waals surface area contributed by atoms with Crippen molar-refractivity contribution in [3.05, 3.63) is 70.8 Å². The smallest absolute Gasteiger partial charge is 0.205 e. The third-order valence-electron chi connectivity index (χ3n) is 5.18. The molecule has 4 heteroatoms. The van der Waals surface area contributed by atoms with E-state index in [0.717, 1.165) is 16.3 Å². The van der Waals surface area contributed by atoms with Crippen LogP contribution in [0.5, 0.6) is 0 Å². The highest BCUT2D eigenvalue weighted by Crippen LogP contribution is 2.48. The van der Waals surface area contributed by atoms with Crippen molar-refractivity contribution >= 4 is 16.6 Å². The summed E-state index contributed by atoms with van der Waals surface area (Å²) in [5.74, 6) is 0.294. The lowest BCUT2D eigenvalue weighted by Crippen LogP contribution is -2.33. The fourth-order valence-electron chi connectivity index (χ4n) is 4.01. The van der Waals surface area contributed by atoms with Gasteiger partial charge in [-0.25, -0.2) is 0 Å². The molecule has 0 bridgehead atoms. The second kappa shape index (κ2) is 5.74. The van der Waals surface area contributed by atoms with Crippen LogP contribution in [-0.2, 0) is 9.53 Å². The highest BCUT2D eigenvalue weighted by molar-refractivity contribution is 6.00. The molecule has 26 heavy (non-hydrogen) atoms. The van der Waals surface area contributed by atoms with Gasteiger partial charge in [-0.2, -0.15) is 5.26 Å². The van der Waals surface area contributed by atoms with Gasteiger partial charge in [-0.1, -0.05) is 56.3 Å². The van der Waals surface area contributed by atoms with E-state index in [2.05, 4.69) is 6.07 Å². The summed E-state index contributed by atoms with van der Waals surface area (Å²) in [6.07, 6.45) is 1.08. The zero-order chi connectivity index (χ0) is 18.5. The maximum absolute atomic E-state index is 12.9. The zero-order valence-electron chi connectivity index (χ0n) is 14.9. The van der Waals surface area contributed by atoms with Crippen molar-refractivity contribution < 1.29 is 9.53 Å². The summed E-state index contributed by atoms with van der Waals surface area (Å²) in [6, 6.07) is 16.2. The SMILES string of the molecule is CC1(C)CC(=O)C2=C(C1)OC(N)=C(C#N)[C@@H]2c1ccc2ccccc2c1. The number of nitrogens with two attached hydrogens (primary N) is 1. The summed E-state index contributed by atoms with van der Waals surface area (Å²) in [4.78, 5) is 12.9. The maximum Gasteiger partial charge on any atom is 0.205 e. The summed E-state index contributed by atoms with van der Waals surface area (Å²) < 4.78 is 5.73. The van der Waals surface area contributed by atoms with E-state index in [4.69, 9.17) is 10.5 Å². The molecule has 1 atom stereocenters. The van der Waals surface area contributed by atoms with E-state index in [9.17, 15) is 10.1 Å². The molecular weight excluding hydrogens is 324 g/mol. The molecule has 0 aromatic heterocycles. The zero-order valence-corrected chi connectivity index (χ0v) is 14.9. The summed E-state index contributed by atoms with van der Waals surface area (Å²) >= 11 is 0. The third kappa shape index (κ3) is 2.57. The minimum Gasteiger partial charge on any atom is -0.444 e. The molecule has 130 valence electrons. The Hall–Kier alpha value is -3.06. The Bertz CT molecular complexity index is 1040. The number of Topliss-reactive ketones (excluding diaryl/α,β-unsaturated/α-hetero) is 1. The molecule has 2 N–H and O–H groups in total. The molecule has 1 aliphatic carbocycles. The van der Waals surface area contributed by atoms with Crippen molar-refractivity contribution in [1.29, 1.82) is 5.26 Å². The molecule has 2 aromatic carbocycles. The molecule has 0 radical (unpaired) electrons. The Morgan fingerprint density at radius 2 is 1.88 bits per heavy atom. The molecule has 2 aliphatic rings. The van der Waals surface area contributed by atoms with Gasteiger partial charge >= 0.3 is 0 Å². The topological polar surface area (TPSA) is 76.1 Å². The predicted octanol–water partition coefficient (Wildman–Crippen LogP) is 4.29. The van der Waals surface area contributed by atoms with Gasteiger partial charge < -0.3 is 10.5 Å². The van der Waals surface area contributed by atoms with E-state index >= 15 is 0 Å².